The van der Waals surface area contributed by atoms with Crippen LogP contribution in [0, 0.1) is 5.82 Å². The van der Waals surface area contributed by atoms with E-state index in [0.29, 0.717) is 11.3 Å². The normalized spacial score (nSPS) is 15.6. The fourth-order valence-corrected chi connectivity index (χ4v) is 1.94. The van der Waals surface area contributed by atoms with Gasteiger partial charge in [0.15, 0.2) is 0 Å². The summed E-state index contributed by atoms with van der Waals surface area (Å²) in [5.41, 5.74) is 2.65. The van der Waals surface area contributed by atoms with Gasteiger partial charge < -0.3 is 5.32 Å². The van der Waals surface area contributed by atoms with Gasteiger partial charge in [-0.1, -0.05) is 0 Å². The van der Waals surface area contributed by atoms with Crippen LogP contribution in [0.15, 0.2) is 42.7 Å². The Morgan fingerprint density at radius 3 is 2.72 bits per heavy atom. The minimum Gasteiger partial charge on any atom is -0.321 e. The van der Waals surface area contributed by atoms with Crippen LogP contribution < -0.4 is 5.32 Å². The van der Waals surface area contributed by atoms with E-state index in [1.165, 1.54) is 12.1 Å². The minimum absolute atomic E-state index is 0.215. The summed E-state index contributed by atoms with van der Waals surface area (Å²) in [6.45, 7) is 0. The lowest BCUT2D eigenvalue weighted by molar-refractivity contribution is -0.110. The fourth-order valence-electron chi connectivity index (χ4n) is 1.94. The molecule has 4 heteroatoms. The Balaban J connectivity index is 2.10. The van der Waals surface area contributed by atoms with Crippen molar-refractivity contribution in [2.45, 2.75) is 0 Å². The molecular weight excluding hydrogens is 231 g/mol. The van der Waals surface area contributed by atoms with Gasteiger partial charge >= 0.3 is 0 Å². The summed E-state index contributed by atoms with van der Waals surface area (Å²) in [7, 11) is 0. The van der Waals surface area contributed by atoms with Crippen molar-refractivity contribution in [3.05, 3.63) is 59.7 Å². The average molecular weight is 240 g/mol. The molecule has 0 atom stereocenters. The monoisotopic (exact) mass is 240 g/mol. The molecule has 18 heavy (non-hydrogen) atoms. The number of carbonyl (C=O) groups is 1. The van der Waals surface area contributed by atoms with Gasteiger partial charge in [-0.3, -0.25) is 9.78 Å². The maximum atomic E-state index is 13.1. The highest BCUT2D eigenvalue weighted by Gasteiger charge is 2.24. The van der Waals surface area contributed by atoms with E-state index in [-0.39, 0.29) is 11.7 Å². The zero-order chi connectivity index (χ0) is 12.5. The number of anilines is 1. The number of aromatic nitrogens is 1. The zero-order valence-corrected chi connectivity index (χ0v) is 9.35. The first kappa shape index (κ1) is 10.7. The summed E-state index contributed by atoms with van der Waals surface area (Å²) in [5.74, 6) is -0.577. The predicted octanol–water partition coefficient (Wildman–Crippen LogP) is 2.71. The third kappa shape index (κ3) is 1.78. The van der Waals surface area contributed by atoms with E-state index in [0.717, 1.165) is 11.1 Å². The molecule has 0 aliphatic carbocycles. The number of hydrogen-bond acceptors (Lipinski definition) is 2. The number of nitrogens with zero attached hydrogens (tertiary/aromatic N) is 1. The van der Waals surface area contributed by atoms with Gasteiger partial charge in [0.2, 0.25) is 0 Å². The van der Waals surface area contributed by atoms with Crippen LogP contribution in [0.4, 0.5) is 10.1 Å². The Labute approximate surface area is 103 Å². The van der Waals surface area contributed by atoms with Gasteiger partial charge in [-0.05, 0) is 42.0 Å². The molecule has 1 aromatic heterocycles. The number of nitrogens with one attached hydrogen (secondary N) is 1. The lowest BCUT2D eigenvalue weighted by Gasteiger charge is -1.98. The summed E-state index contributed by atoms with van der Waals surface area (Å²) in [6, 6.07) is 7.89. The number of amides is 1. The summed E-state index contributed by atoms with van der Waals surface area (Å²) < 4.78 is 13.1. The number of carbonyl (C=O) groups excluding carboxylic acids is 1. The summed E-state index contributed by atoms with van der Waals surface area (Å²) in [5, 5.41) is 2.65. The topological polar surface area (TPSA) is 42.0 Å². The number of benzene rings is 1. The van der Waals surface area contributed by atoms with Crippen molar-refractivity contribution in [1.29, 1.82) is 0 Å². The van der Waals surface area contributed by atoms with Gasteiger partial charge in [0, 0.05) is 23.5 Å². The van der Waals surface area contributed by atoms with E-state index in [4.69, 9.17) is 0 Å². The average Bonchev–Trinajstić information content (AvgIpc) is 2.66. The molecule has 0 saturated carbocycles. The highest BCUT2D eigenvalue weighted by molar-refractivity contribution is 6.34. The standard InChI is InChI=1S/C14H9FN2O/c15-10-1-2-11-12(14(18)17-13(11)8-10)7-9-3-5-16-6-4-9/h1-8H,(H,17,18)/b12-7-. The van der Waals surface area contributed by atoms with E-state index >= 15 is 0 Å². The Hall–Kier alpha value is -2.49. The van der Waals surface area contributed by atoms with E-state index in [1.807, 2.05) is 12.1 Å². The molecule has 1 aliphatic rings. The third-order valence-electron chi connectivity index (χ3n) is 2.78. The van der Waals surface area contributed by atoms with Crippen LogP contribution in [-0.2, 0) is 4.79 Å². The van der Waals surface area contributed by atoms with Crippen molar-refractivity contribution >= 4 is 23.2 Å². The van der Waals surface area contributed by atoms with E-state index in [2.05, 4.69) is 10.3 Å². The molecular formula is C14H9FN2O. The van der Waals surface area contributed by atoms with Gasteiger partial charge in [0.05, 0.1) is 5.69 Å². The van der Waals surface area contributed by atoms with E-state index in [1.54, 1.807) is 24.5 Å². The number of halogens is 1. The maximum Gasteiger partial charge on any atom is 0.256 e. The lowest BCUT2D eigenvalue weighted by atomic mass is 10.0. The summed E-state index contributed by atoms with van der Waals surface area (Å²) >= 11 is 0. The van der Waals surface area contributed by atoms with Crippen molar-refractivity contribution in [2.75, 3.05) is 5.32 Å². The maximum absolute atomic E-state index is 13.1. The highest BCUT2D eigenvalue weighted by Crippen LogP contribution is 2.33. The summed E-state index contributed by atoms with van der Waals surface area (Å²) in [6.07, 6.45) is 5.08. The molecule has 0 radical (unpaired) electrons. The van der Waals surface area contributed by atoms with Crippen molar-refractivity contribution in [1.82, 2.24) is 4.98 Å². The minimum atomic E-state index is -0.362. The molecule has 88 valence electrons. The highest BCUT2D eigenvalue weighted by atomic mass is 19.1. The van der Waals surface area contributed by atoms with Crippen LogP contribution in [0.3, 0.4) is 0 Å². The smallest absolute Gasteiger partial charge is 0.256 e. The number of hydrogen-bond donors (Lipinski definition) is 1. The van der Waals surface area contributed by atoms with Gasteiger partial charge in [0.25, 0.3) is 5.91 Å². The number of rotatable bonds is 1. The van der Waals surface area contributed by atoms with Crippen molar-refractivity contribution in [2.24, 2.45) is 0 Å². The molecule has 0 bridgehead atoms. The number of fused-ring (bicyclic) bond motifs is 1. The predicted molar refractivity (Wildman–Crippen MR) is 67.1 cm³/mol. The second-order valence-corrected chi connectivity index (χ2v) is 3.98. The Kier molecular flexibility index (Phi) is 2.41. The summed E-state index contributed by atoms with van der Waals surface area (Å²) in [4.78, 5) is 15.7. The molecule has 2 aromatic rings. The van der Waals surface area contributed by atoms with Crippen LogP contribution in [0.25, 0.3) is 11.6 Å². The van der Waals surface area contributed by atoms with Crippen LogP contribution in [0.2, 0.25) is 0 Å². The molecule has 3 rings (SSSR count). The zero-order valence-electron chi connectivity index (χ0n) is 9.35. The van der Waals surface area contributed by atoms with Crippen LogP contribution >= 0.6 is 0 Å². The van der Waals surface area contributed by atoms with Gasteiger partial charge in [-0.15, -0.1) is 0 Å². The SMILES string of the molecule is O=C1Nc2cc(F)ccc2/C1=C/c1ccncc1. The van der Waals surface area contributed by atoms with Gasteiger partial charge in [0.1, 0.15) is 5.82 Å². The molecule has 1 N–H and O–H groups in total. The molecule has 0 spiro atoms. The van der Waals surface area contributed by atoms with Crippen LogP contribution in [-0.4, -0.2) is 10.9 Å². The first-order valence-corrected chi connectivity index (χ1v) is 5.47. The first-order chi connectivity index (χ1) is 8.74. The molecule has 0 fully saturated rings. The molecule has 0 saturated heterocycles. The fraction of sp³-hybridized carbons (Fsp3) is 0. The third-order valence-corrected chi connectivity index (χ3v) is 2.78. The largest absolute Gasteiger partial charge is 0.321 e. The van der Waals surface area contributed by atoms with Gasteiger partial charge in [-0.2, -0.15) is 0 Å². The molecule has 1 amide bonds. The van der Waals surface area contributed by atoms with Crippen LogP contribution in [0.5, 0.6) is 0 Å². The van der Waals surface area contributed by atoms with Crippen LogP contribution in [0.1, 0.15) is 11.1 Å². The van der Waals surface area contributed by atoms with E-state index in [9.17, 15) is 9.18 Å². The molecule has 3 nitrogen and oxygen atoms in total. The quantitative estimate of drug-likeness (QED) is 0.779. The van der Waals surface area contributed by atoms with Crippen molar-refractivity contribution in [3.63, 3.8) is 0 Å². The molecule has 2 heterocycles. The molecule has 1 aromatic carbocycles. The Morgan fingerprint density at radius 1 is 1.17 bits per heavy atom. The molecule has 0 unspecified atom stereocenters. The Bertz CT molecular complexity index is 650. The first-order valence-electron chi connectivity index (χ1n) is 5.47. The van der Waals surface area contributed by atoms with E-state index < -0.39 is 0 Å². The second-order valence-electron chi connectivity index (χ2n) is 3.98. The number of pyridine rings is 1. The lowest BCUT2D eigenvalue weighted by Crippen LogP contribution is -2.03. The second kappa shape index (κ2) is 4.07. The van der Waals surface area contributed by atoms with Crippen molar-refractivity contribution < 1.29 is 9.18 Å². The Morgan fingerprint density at radius 2 is 1.94 bits per heavy atom. The van der Waals surface area contributed by atoms with Crippen molar-refractivity contribution in [3.8, 4) is 0 Å². The molecule has 1 aliphatic heterocycles. The van der Waals surface area contributed by atoms with Gasteiger partial charge in [-0.25, -0.2) is 4.39 Å².